The van der Waals surface area contributed by atoms with Crippen molar-refractivity contribution in [1.29, 1.82) is 0 Å². The average Bonchev–Trinajstić information content (AvgIpc) is 2.28. The Bertz CT molecular complexity index is 106. The lowest BCUT2D eigenvalue weighted by molar-refractivity contribution is 0.103. The monoisotopic (exact) mass is 142 g/mol. The van der Waals surface area contributed by atoms with Crippen LogP contribution < -0.4 is 10.6 Å². The second-order valence-electron chi connectivity index (χ2n) is 2.96. The molecule has 3 heteroatoms. The maximum atomic E-state index is 5.51. The summed E-state index contributed by atoms with van der Waals surface area (Å²) in [4.78, 5) is 0. The third kappa shape index (κ3) is 1.17. The predicted octanol–water partition coefficient (Wildman–Crippen LogP) is -0.663. The van der Waals surface area contributed by atoms with Gasteiger partial charge in [-0.1, -0.05) is 0 Å². The van der Waals surface area contributed by atoms with Crippen molar-refractivity contribution >= 4 is 0 Å². The van der Waals surface area contributed by atoms with Gasteiger partial charge >= 0.3 is 0 Å². The smallest absolute Gasteiger partial charge is 0.0852 e. The molecule has 2 atom stereocenters. The van der Waals surface area contributed by atoms with Gasteiger partial charge in [-0.3, -0.25) is 0 Å². The van der Waals surface area contributed by atoms with E-state index >= 15 is 0 Å². The van der Waals surface area contributed by atoms with E-state index in [0.717, 1.165) is 26.2 Å². The molecular weight excluding hydrogens is 128 g/mol. The summed E-state index contributed by atoms with van der Waals surface area (Å²) in [5, 5.41) is 6.79. The second-order valence-corrected chi connectivity index (χ2v) is 2.96. The van der Waals surface area contributed by atoms with Gasteiger partial charge in [0.25, 0.3) is 0 Å². The Labute approximate surface area is 61.1 Å². The van der Waals surface area contributed by atoms with Gasteiger partial charge in [0, 0.05) is 32.3 Å². The Kier molecular flexibility index (Phi) is 1.88. The van der Waals surface area contributed by atoms with Crippen LogP contribution in [0.1, 0.15) is 6.42 Å². The minimum atomic E-state index is 0.433. The highest BCUT2D eigenvalue weighted by Gasteiger charge is 2.28. The topological polar surface area (TPSA) is 33.3 Å². The lowest BCUT2D eigenvalue weighted by Crippen LogP contribution is -2.36. The van der Waals surface area contributed by atoms with Crippen molar-refractivity contribution in [3.63, 3.8) is 0 Å². The molecule has 0 saturated carbocycles. The quantitative estimate of drug-likeness (QED) is 0.471. The van der Waals surface area contributed by atoms with E-state index in [1.165, 1.54) is 6.42 Å². The molecule has 0 aromatic rings. The largest absolute Gasteiger partial charge is 0.375 e. The molecule has 0 bridgehead atoms. The van der Waals surface area contributed by atoms with Crippen molar-refractivity contribution in [1.82, 2.24) is 10.6 Å². The molecule has 2 N–H and O–H groups in total. The fraction of sp³-hybridized carbons (Fsp3) is 1.00. The molecule has 2 aliphatic rings. The molecule has 2 saturated heterocycles. The Morgan fingerprint density at radius 3 is 3.30 bits per heavy atom. The van der Waals surface area contributed by atoms with Crippen molar-refractivity contribution in [2.24, 2.45) is 0 Å². The van der Waals surface area contributed by atoms with E-state index in [9.17, 15) is 0 Å². The Balaban J connectivity index is 1.95. The highest BCUT2D eigenvalue weighted by molar-refractivity contribution is 4.86. The van der Waals surface area contributed by atoms with Crippen LogP contribution in [0.15, 0.2) is 0 Å². The fourth-order valence-corrected chi connectivity index (χ4v) is 1.67. The zero-order valence-electron chi connectivity index (χ0n) is 6.10. The van der Waals surface area contributed by atoms with Gasteiger partial charge in [-0.2, -0.15) is 0 Å². The average molecular weight is 142 g/mol. The van der Waals surface area contributed by atoms with Crippen molar-refractivity contribution in [2.75, 3.05) is 26.2 Å². The molecule has 2 fully saturated rings. The molecule has 2 rings (SSSR count). The second kappa shape index (κ2) is 2.86. The van der Waals surface area contributed by atoms with Gasteiger partial charge in [0.05, 0.1) is 6.10 Å². The summed E-state index contributed by atoms with van der Waals surface area (Å²) in [5.41, 5.74) is 0. The molecule has 0 aliphatic carbocycles. The minimum absolute atomic E-state index is 0.433. The predicted molar refractivity (Wildman–Crippen MR) is 39.0 cm³/mol. The maximum absolute atomic E-state index is 5.51. The standard InChI is InChI=1S/C7H14N2O/c1-4-10-7-5-8-2-3-9-6(1)7/h6-9H,1-5H2. The number of rotatable bonds is 0. The van der Waals surface area contributed by atoms with Crippen molar-refractivity contribution in [2.45, 2.75) is 18.6 Å². The first kappa shape index (κ1) is 6.58. The highest BCUT2D eigenvalue weighted by Crippen LogP contribution is 2.13. The molecule has 2 unspecified atom stereocenters. The Hall–Kier alpha value is -0.120. The number of ether oxygens (including phenoxy) is 1. The van der Waals surface area contributed by atoms with E-state index in [4.69, 9.17) is 4.74 Å². The molecule has 0 aromatic heterocycles. The number of fused-ring (bicyclic) bond motifs is 1. The van der Waals surface area contributed by atoms with Gasteiger partial charge < -0.3 is 15.4 Å². The fourth-order valence-electron chi connectivity index (χ4n) is 1.67. The van der Waals surface area contributed by atoms with Gasteiger partial charge in [0.15, 0.2) is 0 Å². The summed E-state index contributed by atoms with van der Waals surface area (Å²) in [7, 11) is 0. The molecule has 3 nitrogen and oxygen atoms in total. The Morgan fingerprint density at radius 1 is 1.30 bits per heavy atom. The molecule has 2 aliphatic heterocycles. The zero-order chi connectivity index (χ0) is 6.81. The first-order valence-electron chi connectivity index (χ1n) is 4.02. The summed E-state index contributed by atoms with van der Waals surface area (Å²) in [6.45, 7) is 4.13. The maximum Gasteiger partial charge on any atom is 0.0852 e. The van der Waals surface area contributed by atoms with Crippen LogP contribution in [0.2, 0.25) is 0 Å². The SMILES string of the molecule is C1CNC2CCOC2CN1. The first-order valence-corrected chi connectivity index (χ1v) is 4.02. The molecular formula is C7H14N2O. The lowest BCUT2D eigenvalue weighted by atomic mass is 10.1. The summed E-state index contributed by atoms with van der Waals surface area (Å²) in [5.74, 6) is 0. The van der Waals surface area contributed by atoms with Gasteiger partial charge in [-0.25, -0.2) is 0 Å². The van der Waals surface area contributed by atoms with Gasteiger partial charge in [0.1, 0.15) is 0 Å². The molecule has 0 amide bonds. The molecule has 2 heterocycles. The third-order valence-corrected chi connectivity index (χ3v) is 2.26. The van der Waals surface area contributed by atoms with E-state index in [2.05, 4.69) is 10.6 Å². The van der Waals surface area contributed by atoms with E-state index in [0.29, 0.717) is 12.1 Å². The molecule has 0 radical (unpaired) electrons. The van der Waals surface area contributed by atoms with Gasteiger partial charge in [0.2, 0.25) is 0 Å². The number of hydrogen-bond acceptors (Lipinski definition) is 3. The van der Waals surface area contributed by atoms with Crippen LogP contribution in [0.5, 0.6) is 0 Å². The van der Waals surface area contributed by atoms with Crippen molar-refractivity contribution < 1.29 is 4.74 Å². The summed E-state index contributed by atoms with van der Waals surface area (Å²) < 4.78 is 5.51. The first-order chi connectivity index (χ1) is 4.97. The lowest BCUT2D eigenvalue weighted by Gasteiger charge is -2.14. The molecule has 0 spiro atoms. The van der Waals surface area contributed by atoms with E-state index in [1.807, 2.05) is 0 Å². The van der Waals surface area contributed by atoms with Crippen LogP contribution in [0.3, 0.4) is 0 Å². The van der Waals surface area contributed by atoms with E-state index < -0.39 is 0 Å². The van der Waals surface area contributed by atoms with Gasteiger partial charge in [-0.05, 0) is 6.42 Å². The van der Waals surface area contributed by atoms with Crippen LogP contribution >= 0.6 is 0 Å². The summed E-state index contributed by atoms with van der Waals surface area (Å²) in [6.07, 6.45) is 1.62. The minimum Gasteiger partial charge on any atom is -0.375 e. The van der Waals surface area contributed by atoms with Gasteiger partial charge in [-0.15, -0.1) is 0 Å². The van der Waals surface area contributed by atoms with Crippen LogP contribution in [0.4, 0.5) is 0 Å². The van der Waals surface area contributed by atoms with Crippen LogP contribution in [-0.4, -0.2) is 38.4 Å². The molecule has 10 heavy (non-hydrogen) atoms. The van der Waals surface area contributed by atoms with Crippen molar-refractivity contribution in [3.8, 4) is 0 Å². The molecule has 58 valence electrons. The normalized spacial score (nSPS) is 40.8. The number of nitrogens with one attached hydrogen (secondary N) is 2. The zero-order valence-corrected chi connectivity index (χ0v) is 6.10. The van der Waals surface area contributed by atoms with Crippen LogP contribution in [-0.2, 0) is 4.74 Å². The van der Waals surface area contributed by atoms with Crippen LogP contribution in [0, 0.1) is 0 Å². The van der Waals surface area contributed by atoms with E-state index in [1.54, 1.807) is 0 Å². The Morgan fingerprint density at radius 2 is 2.30 bits per heavy atom. The summed E-state index contributed by atoms with van der Waals surface area (Å²) >= 11 is 0. The van der Waals surface area contributed by atoms with E-state index in [-0.39, 0.29) is 0 Å². The number of hydrogen-bond donors (Lipinski definition) is 2. The highest BCUT2D eigenvalue weighted by atomic mass is 16.5. The summed E-state index contributed by atoms with van der Waals surface area (Å²) in [6, 6.07) is 0.620. The molecule has 0 aromatic carbocycles. The van der Waals surface area contributed by atoms with Crippen molar-refractivity contribution in [3.05, 3.63) is 0 Å². The van der Waals surface area contributed by atoms with Crippen LogP contribution in [0.25, 0.3) is 0 Å². The third-order valence-electron chi connectivity index (χ3n) is 2.26.